The second-order valence-electron chi connectivity index (χ2n) is 0.271. The van der Waals surface area contributed by atoms with Gasteiger partial charge in [-0.15, -0.1) is 0 Å². The van der Waals surface area contributed by atoms with E-state index in [0.717, 1.165) is 0 Å². The molecule has 0 radical (unpaired) electrons. The van der Waals surface area contributed by atoms with Crippen molar-refractivity contribution in [2.75, 3.05) is 0 Å². The molecule has 0 aromatic rings. The Morgan fingerprint density at radius 2 is 0.714 bits per heavy atom. The van der Waals surface area contributed by atoms with Gasteiger partial charge in [0.05, 0.1) is 0 Å². The molecular weight excluding hydrogens is 504 g/mol. The standard InChI is InChI=1S/4BrH.2K.Pd/h4*1H;;;/q;;;;2*+1;+2/p-4. The third-order valence-corrected chi connectivity index (χ3v) is 0. The van der Waals surface area contributed by atoms with Crippen LogP contribution in [0.15, 0.2) is 0 Å². The first-order chi connectivity index (χ1) is 2.00. The average molecular weight is 504 g/mol. The van der Waals surface area contributed by atoms with Gasteiger partial charge in [0.15, 0.2) is 0 Å². The normalized spacial score (nSPS) is 10.9. The molecule has 0 unspecified atom stereocenters. The van der Waals surface area contributed by atoms with Crippen LogP contribution in [-0.4, -0.2) is 0 Å². The van der Waals surface area contributed by atoms with Crippen LogP contribution in [0.3, 0.4) is 0 Å². The first kappa shape index (κ1) is 18.6. The van der Waals surface area contributed by atoms with Crippen molar-refractivity contribution in [1.29, 1.82) is 0 Å². The zero-order chi connectivity index (χ0) is 4.50. The van der Waals surface area contributed by atoms with E-state index in [4.69, 9.17) is 0 Å². The van der Waals surface area contributed by atoms with Crippen LogP contribution in [0.5, 0.6) is 0 Å². The summed E-state index contributed by atoms with van der Waals surface area (Å²) < 4.78 is 0. The Kier molecular flexibility index (Phi) is 26.4. The van der Waals surface area contributed by atoms with Crippen LogP contribution >= 0.6 is 53.7 Å². The molecule has 0 aromatic carbocycles. The predicted molar refractivity (Wildman–Crippen MR) is 35.7 cm³/mol. The van der Waals surface area contributed by atoms with Crippen molar-refractivity contribution < 1.29 is 110 Å². The first-order valence-corrected chi connectivity index (χ1v) is 14.7. The fourth-order valence-corrected chi connectivity index (χ4v) is 0. The average Bonchev–Trinajstić information content (AvgIpc) is 0.722. The fourth-order valence-electron chi connectivity index (χ4n) is 0. The van der Waals surface area contributed by atoms with Crippen LogP contribution in [0.25, 0.3) is 0 Å². The third kappa shape index (κ3) is 33.6. The molecule has 0 amide bonds. The topological polar surface area (TPSA) is 0 Å². The Balaban J connectivity index is -0.0000000800. The fraction of sp³-hybridized carbons (Fsp3) is 0. The second kappa shape index (κ2) is 9.94. The minimum absolute atomic E-state index is 0. The van der Waals surface area contributed by atoms with Gasteiger partial charge in [-0.3, -0.25) is 0 Å². The second-order valence-corrected chi connectivity index (χ2v) is 43.3. The third-order valence-electron chi connectivity index (χ3n) is 0. The van der Waals surface area contributed by atoms with Gasteiger partial charge >= 0.3 is 164 Å². The maximum atomic E-state index is 3.28. The molecule has 0 N–H and O–H groups in total. The van der Waals surface area contributed by atoms with Crippen molar-refractivity contribution in [2.24, 2.45) is 0 Å². The van der Waals surface area contributed by atoms with Crippen molar-refractivity contribution in [3.63, 3.8) is 0 Å². The molecule has 0 heterocycles. The monoisotopic (exact) mass is 500 g/mol. The van der Waals surface area contributed by atoms with Gasteiger partial charge in [-0.1, -0.05) is 0 Å². The molecule has 40 valence electrons. The zero-order valence-electron chi connectivity index (χ0n) is 3.83. The summed E-state index contributed by atoms with van der Waals surface area (Å²) >= 11 is 13.1. The van der Waals surface area contributed by atoms with Crippen LogP contribution in [0.4, 0.5) is 0 Å². The molecule has 0 aliphatic heterocycles. The first-order valence-electron chi connectivity index (χ1n) is 0.478. The smallest absolute Gasteiger partial charge is 1.00 e. The van der Waals surface area contributed by atoms with Crippen LogP contribution in [0.2, 0.25) is 0 Å². The molecule has 0 rings (SSSR count). The number of hydrogen-bond donors (Lipinski definition) is 0. The minimum atomic E-state index is -1.45. The van der Waals surface area contributed by atoms with Crippen LogP contribution < -0.4 is 103 Å². The Morgan fingerprint density at radius 1 is 0.714 bits per heavy atom. The summed E-state index contributed by atoms with van der Waals surface area (Å²) in [5, 5.41) is 0. The van der Waals surface area contributed by atoms with E-state index in [-0.39, 0.29) is 103 Å². The van der Waals surface area contributed by atoms with E-state index in [2.05, 4.69) is 53.7 Å². The van der Waals surface area contributed by atoms with Gasteiger partial charge in [0.25, 0.3) is 0 Å². The summed E-state index contributed by atoms with van der Waals surface area (Å²) in [4.78, 5) is 0. The quantitative estimate of drug-likeness (QED) is 0.318. The molecule has 0 spiro atoms. The zero-order valence-corrected chi connectivity index (χ0v) is 18.0. The van der Waals surface area contributed by atoms with Gasteiger partial charge < -0.3 is 0 Å². The minimum Gasteiger partial charge on any atom is 1.00 e. The van der Waals surface area contributed by atoms with Gasteiger partial charge in [-0.05, 0) is 0 Å². The molecule has 0 saturated carbocycles. The Morgan fingerprint density at radius 3 is 0.714 bits per heavy atom. The van der Waals surface area contributed by atoms with E-state index in [1.54, 1.807) is 0 Å². The van der Waals surface area contributed by atoms with Gasteiger partial charge in [-0.25, -0.2) is 0 Å². The van der Waals surface area contributed by atoms with Crippen LogP contribution in [0.1, 0.15) is 0 Å². The molecule has 7 heavy (non-hydrogen) atoms. The molecule has 0 fully saturated rings. The van der Waals surface area contributed by atoms with Crippen molar-refractivity contribution in [2.45, 2.75) is 0 Å². The molecule has 0 aliphatic rings. The predicted octanol–water partition coefficient (Wildman–Crippen LogP) is -2.61. The largest absolute Gasteiger partial charge is 1.00 e. The van der Waals surface area contributed by atoms with Crippen LogP contribution in [-0.2, 0) is 7.47 Å². The van der Waals surface area contributed by atoms with E-state index < -0.39 is 7.47 Å². The van der Waals surface area contributed by atoms with Crippen LogP contribution in [0, 0.1) is 0 Å². The van der Waals surface area contributed by atoms with E-state index in [1.807, 2.05) is 0 Å². The van der Waals surface area contributed by atoms with Gasteiger partial charge in [0.1, 0.15) is 0 Å². The SMILES string of the molecule is [Br][Pd-2]([Br])([Br])[Br].[K+].[K+]. The molecule has 7 heteroatoms. The molecule has 0 aromatic heterocycles. The summed E-state index contributed by atoms with van der Waals surface area (Å²) in [6.07, 6.45) is 0. The van der Waals surface area contributed by atoms with Crippen molar-refractivity contribution in [3.05, 3.63) is 0 Å². The molecule has 0 atom stereocenters. The molecular formula is Br4K2Pd. The van der Waals surface area contributed by atoms with Gasteiger partial charge in [0, 0.05) is 0 Å². The Bertz CT molecular complexity index is 25.2. The van der Waals surface area contributed by atoms with Crippen molar-refractivity contribution >= 4 is 53.7 Å². The summed E-state index contributed by atoms with van der Waals surface area (Å²) in [5.41, 5.74) is 0. The van der Waals surface area contributed by atoms with Crippen molar-refractivity contribution in [3.8, 4) is 0 Å². The van der Waals surface area contributed by atoms with E-state index in [0.29, 0.717) is 0 Å². The summed E-state index contributed by atoms with van der Waals surface area (Å²) in [6, 6.07) is 0. The maximum Gasteiger partial charge on any atom is 1.00 e. The van der Waals surface area contributed by atoms with E-state index in [1.165, 1.54) is 0 Å². The number of rotatable bonds is 0. The van der Waals surface area contributed by atoms with E-state index in [9.17, 15) is 0 Å². The van der Waals surface area contributed by atoms with Gasteiger partial charge in [-0.2, -0.15) is 0 Å². The summed E-state index contributed by atoms with van der Waals surface area (Å²) in [6.45, 7) is 0. The Hall–Kier alpha value is 5.86. The van der Waals surface area contributed by atoms with E-state index >= 15 is 0 Å². The molecule has 0 saturated heterocycles. The maximum absolute atomic E-state index is 3.28. The summed E-state index contributed by atoms with van der Waals surface area (Å²) in [7, 11) is -1.45. The molecule has 0 aliphatic carbocycles. The summed E-state index contributed by atoms with van der Waals surface area (Å²) in [5.74, 6) is 0. The van der Waals surface area contributed by atoms with Gasteiger partial charge in [0.2, 0.25) is 0 Å². The number of hydrogen-bond acceptors (Lipinski definition) is 0. The molecule has 0 nitrogen and oxygen atoms in total. The molecule has 0 bridgehead atoms. The van der Waals surface area contributed by atoms with Crippen molar-refractivity contribution in [1.82, 2.24) is 0 Å². The number of halogens is 4. The Labute approximate surface area is 158 Å².